The Balaban J connectivity index is 1.93. The van der Waals surface area contributed by atoms with Crippen molar-refractivity contribution in [3.63, 3.8) is 0 Å². The summed E-state index contributed by atoms with van der Waals surface area (Å²) in [6.07, 6.45) is 0.845. The molecule has 4 rings (SSSR count). The Kier molecular flexibility index (Phi) is 4.87. The quantitative estimate of drug-likeness (QED) is 0.601. The van der Waals surface area contributed by atoms with Crippen LogP contribution in [0.5, 0.6) is 5.75 Å². The van der Waals surface area contributed by atoms with Crippen molar-refractivity contribution in [1.82, 2.24) is 0 Å². The molecule has 0 fully saturated rings. The first-order valence-corrected chi connectivity index (χ1v) is 11.9. The maximum absolute atomic E-state index is 6.14. The monoisotopic (exact) mass is 378 g/mol. The highest BCUT2D eigenvalue weighted by molar-refractivity contribution is 7.82. The minimum atomic E-state index is -0.586. The molecular formula is C23H24OP2. The maximum atomic E-state index is 6.14. The van der Waals surface area contributed by atoms with Crippen LogP contribution in [-0.2, 0) is 0 Å². The van der Waals surface area contributed by atoms with Gasteiger partial charge in [0, 0.05) is 5.30 Å². The van der Waals surface area contributed by atoms with Crippen molar-refractivity contribution in [1.29, 1.82) is 0 Å². The standard InChI is InChI=1S/C23H24OP2/c1-23(2,3)25-17-24-20-15-10-16-21(22(20)25)26(18-11-6-4-7-12-18)19-13-8-5-9-14-19/h4-16H,17H2,1-3H3. The van der Waals surface area contributed by atoms with Crippen molar-refractivity contribution in [2.45, 2.75) is 25.9 Å². The molecule has 1 aliphatic heterocycles. The van der Waals surface area contributed by atoms with Crippen LogP contribution in [0.2, 0.25) is 0 Å². The molecule has 0 aliphatic carbocycles. The molecule has 0 saturated heterocycles. The van der Waals surface area contributed by atoms with Gasteiger partial charge in [0.05, 0.1) is 0 Å². The van der Waals surface area contributed by atoms with Gasteiger partial charge in [-0.05, 0) is 43.0 Å². The zero-order valence-corrected chi connectivity index (χ0v) is 17.3. The Bertz CT molecular complexity index is 846. The molecule has 3 aromatic carbocycles. The second-order valence-electron chi connectivity index (χ2n) is 7.50. The van der Waals surface area contributed by atoms with Crippen LogP contribution < -0.4 is 26.0 Å². The van der Waals surface area contributed by atoms with E-state index >= 15 is 0 Å². The van der Waals surface area contributed by atoms with Gasteiger partial charge in [-0.25, -0.2) is 0 Å². The Hall–Kier alpha value is -1.68. The molecule has 0 bridgehead atoms. The van der Waals surface area contributed by atoms with E-state index in [9.17, 15) is 0 Å². The van der Waals surface area contributed by atoms with E-state index in [-0.39, 0.29) is 13.1 Å². The van der Waals surface area contributed by atoms with Crippen LogP contribution >= 0.6 is 15.8 Å². The van der Waals surface area contributed by atoms with E-state index in [0.717, 1.165) is 12.1 Å². The number of rotatable bonds is 3. The predicted octanol–water partition coefficient (Wildman–Crippen LogP) is 4.70. The molecule has 1 heterocycles. The molecule has 0 saturated carbocycles. The Morgan fingerprint density at radius 3 is 1.88 bits per heavy atom. The maximum Gasteiger partial charge on any atom is 0.128 e. The van der Waals surface area contributed by atoms with Gasteiger partial charge < -0.3 is 4.74 Å². The molecule has 1 atom stereocenters. The van der Waals surface area contributed by atoms with Crippen molar-refractivity contribution < 1.29 is 4.74 Å². The highest BCUT2D eigenvalue weighted by atomic mass is 31.1. The largest absolute Gasteiger partial charge is 0.488 e. The summed E-state index contributed by atoms with van der Waals surface area (Å²) in [5, 5.41) is 5.99. The molecule has 0 spiro atoms. The van der Waals surface area contributed by atoms with E-state index in [1.165, 1.54) is 21.2 Å². The van der Waals surface area contributed by atoms with E-state index in [4.69, 9.17) is 4.74 Å². The van der Waals surface area contributed by atoms with Crippen LogP contribution in [0.3, 0.4) is 0 Å². The summed E-state index contributed by atoms with van der Waals surface area (Å²) in [6, 6.07) is 28.5. The number of hydrogen-bond donors (Lipinski definition) is 0. The summed E-state index contributed by atoms with van der Waals surface area (Å²) in [6.45, 7) is 7.05. The molecule has 132 valence electrons. The van der Waals surface area contributed by atoms with E-state index < -0.39 is 7.92 Å². The van der Waals surface area contributed by atoms with Gasteiger partial charge in [-0.15, -0.1) is 0 Å². The second kappa shape index (κ2) is 7.15. The molecule has 0 N–H and O–H groups in total. The number of ether oxygens (including phenoxy) is 1. The summed E-state index contributed by atoms with van der Waals surface area (Å²) >= 11 is 0. The highest BCUT2D eigenvalue weighted by Gasteiger charge is 2.37. The number of fused-ring (bicyclic) bond motifs is 1. The Labute approximate surface area is 158 Å². The van der Waals surface area contributed by atoms with Gasteiger partial charge >= 0.3 is 0 Å². The first-order valence-electron chi connectivity index (χ1n) is 8.99. The van der Waals surface area contributed by atoms with Crippen molar-refractivity contribution in [3.05, 3.63) is 78.9 Å². The van der Waals surface area contributed by atoms with Crippen LogP contribution in [0.25, 0.3) is 0 Å². The zero-order chi connectivity index (χ0) is 18.1. The van der Waals surface area contributed by atoms with Gasteiger partial charge in [-0.3, -0.25) is 0 Å². The molecule has 0 amide bonds. The highest BCUT2D eigenvalue weighted by Crippen LogP contribution is 2.54. The fraction of sp³-hybridized carbons (Fsp3) is 0.217. The topological polar surface area (TPSA) is 9.23 Å². The SMILES string of the molecule is CC(C)(C)P1COc2cccc(P(c3ccccc3)c3ccccc3)c21. The van der Waals surface area contributed by atoms with Crippen molar-refractivity contribution in [2.24, 2.45) is 0 Å². The average molecular weight is 378 g/mol. The third-order valence-corrected chi connectivity index (χ3v) is 10.3. The average Bonchev–Trinajstić information content (AvgIpc) is 3.09. The lowest BCUT2D eigenvalue weighted by Crippen LogP contribution is -2.32. The summed E-state index contributed by atoms with van der Waals surface area (Å²) in [7, 11) is -0.928. The Morgan fingerprint density at radius 1 is 0.769 bits per heavy atom. The molecule has 26 heavy (non-hydrogen) atoms. The second-order valence-corrected chi connectivity index (χ2v) is 12.6. The minimum absolute atomic E-state index is 0.241. The van der Waals surface area contributed by atoms with Gasteiger partial charge in [-0.1, -0.05) is 93.6 Å². The number of hydrogen-bond acceptors (Lipinski definition) is 1. The van der Waals surface area contributed by atoms with E-state index in [2.05, 4.69) is 99.6 Å². The van der Waals surface area contributed by atoms with Crippen molar-refractivity contribution in [3.8, 4) is 5.75 Å². The lowest BCUT2D eigenvalue weighted by Gasteiger charge is -2.30. The molecule has 1 aliphatic rings. The van der Waals surface area contributed by atoms with Crippen molar-refractivity contribution >= 4 is 37.1 Å². The predicted molar refractivity (Wildman–Crippen MR) is 117 cm³/mol. The third-order valence-electron chi connectivity index (χ3n) is 4.68. The molecule has 3 aromatic rings. The lowest BCUT2D eigenvalue weighted by atomic mass is 10.3. The van der Waals surface area contributed by atoms with Crippen LogP contribution in [-0.4, -0.2) is 11.5 Å². The van der Waals surface area contributed by atoms with Crippen LogP contribution in [0, 0.1) is 0 Å². The van der Waals surface area contributed by atoms with Crippen LogP contribution in [0.1, 0.15) is 20.8 Å². The van der Waals surface area contributed by atoms with Crippen molar-refractivity contribution in [2.75, 3.05) is 6.35 Å². The fourth-order valence-corrected chi connectivity index (χ4v) is 8.61. The van der Waals surface area contributed by atoms with Gasteiger partial charge in [0.1, 0.15) is 12.1 Å². The fourth-order valence-electron chi connectivity index (χ4n) is 3.39. The first kappa shape index (κ1) is 17.7. The van der Waals surface area contributed by atoms with Gasteiger partial charge in [-0.2, -0.15) is 0 Å². The van der Waals surface area contributed by atoms with Gasteiger partial charge in [0.25, 0.3) is 0 Å². The normalized spacial score (nSPS) is 16.4. The molecule has 0 aromatic heterocycles. The first-order chi connectivity index (χ1) is 12.6. The van der Waals surface area contributed by atoms with Gasteiger partial charge in [0.15, 0.2) is 0 Å². The van der Waals surface area contributed by atoms with Gasteiger partial charge in [0.2, 0.25) is 0 Å². The molecular weight excluding hydrogens is 354 g/mol. The third kappa shape index (κ3) is 3.32. The van der Waals surface area contributed by atoms with Crippen LogP contribution in [0.15, 0.2) is 78.9 Å². The van der Waals surface area contributed by atoms with E-state index in [1.54, 1.807) is 0 Å². The van der Waals surface area contributed by atoms with E-state index in [0.29, 0.717) is 0 Å². The Morgan fingerprint density at radius 2 is 1.35 bits per heavy atom. The minimum Gasteiger partial charge on any atom is -0.488 e. The summed E-state index contributed by atoms with van der Waals surface area (Å²) in [4.78, 5) is 0. The molecule has 0 radical (unpaired) electrons. The summed E-state index contributed by atoms with van der Waals surface area (Å²) in [5.41, 5.74) is 0. The molecule has 3 heteroatoms. The number of benzene rings is 3. The summed E-state index contributed by atoms with van der Waals surface area (Å²) < 4.78 is 6.14. The summed E-state index contributed by atoms with van der Waals surface area (Å²) in [5.74, 6) is 1.10. The molecule has 1 unspecified atom stereocenters. The van der Waals surface area contributed by atoms with E-state index in [1.807, 2.05) is 0 Å². The zero-order valence-electron chi connectivity index (χ0n) is 15.5. The molecule has 1 nitrogen and oxygen atoms in total. The smallest absolute Gasteiger partial charge is 0.128 e. The van der Waals surface area contributed by atoms with Crippen LogP contribution in [0.4, 0.5) is 0 Å². The lowest BCUT2D eigenvalue weighted by molar-refractivity contribution is 0.400.